The first kappa shape index (κ1) is 12.9. The first-order valence-corrected chi connectivity index (χ1v) is 6.48. The van der Waals surface area contributed by atoms with Gasteiger partial charge in [0.25, 0.3) is 0 Å². The maximum Gasteiger partial charge on any atom is 0.0541 e. The highest BCUT2D eigenvalue weighted by molar-refractivity contribution is 9.11. The molecule has 1 aromatic rings. The summed E-state index contributed by atoms with van der Waals surface area (Å²) >= 11 is 7.02. The molecule has 0 saturated heterocycles. The highest BCUT2D eigenvalue weighted by Gasteiger charge is 2.13. The molecule has 0 radical (unpaired) electrons. The van der Waals surface area contributed by atoms with Crippen LogP contribution in [0.4, 0.5) is 0 Å². The molecule has 0 saturated carbocycles. The number of hydrogen-bond acceptors (Lipinski definition) is 1. The van der Waals surface area contributed by atoms with E-state index in [1.807, 2.05) is 13.0 Å². The molecule has 0 fully saturated rings. The van der Waals surface area contributed by atoms with Gasteiger partial charge in [-0.2, -0.15) is 0 Å². The molecule has 0 amide bonds. The minimum atomic E-state index is 0.220. The quantitative estimate of drug-likeness (QED) is 0.804. The van der Waals surface area contributed by atoms with Crippen molar-refractivity contribution in [3.63, 3.8) is 0 Å². The molecule has 1 nitrogen and oxygen atoms in total. The SMILES string of the molecule is C=C(C)C(NCC)c1ccc(Br)cc1Br. The summed E-state index contributed by atoms with van der Waals surface area (Å²) < 4.78 is 2.18. The van der Waals surface area contributed by atoms with Crippen molar-refractivity contribution in [1.29, 1.82) is 0 Å². The number of benzene rings is 1. The van der Waals surface area contributed by atoms with Gasteiger partial charge in [0.2, 0.25) is 0 Å². The monoisotopic (exact) mass is 331 g/mol. The van der Waals surface area contributed by atoms with Gasteiger partial charge in [-0.3, -0.25) is 0 Å². The van der Waals surface area contributed by atoms with Crippen LogP contribution in [0.2, 0.25) is 0 Å². The minimum absolute atomic E-state index is 0.220. The minimum Gasteiger partial charge on any atom is -0.307 e. The van der Waals surface area contributed by atoms with Crippen LogP contribution >= 0.6 is 31.9 Å². The van der Waals surface area contributed by atoms with Gasteiger partial charge in [0.15, 0.2) is 0 Å². The average molecular weight is 333 g/mol. The summed E-state index contributed by atoms with van der Waals surface area (Å²) in [5.41, 5.74) is 2.35. The predicted octanol–water partition coefficient (Wildman–Crippen LogP) is 4.44. The molecule has 0 aliphatic rings. The van der Waals surface area contributed by atoms with E-state index in [1.54, 1.807) is 0 Å². The van der Waals surface area contributed by atoms with Crippen LogP contribution in [0.25, 0.3) is 0 Å². The van der Waals surface area contributed by atoms with E-state index in [4.69, 9.17) is 0 Å². The Morgan fingerprint density at radius 2 is 2.13 bits per heavy atom. The third-order valence-electron chi connectivity index (χ3n) is 2.17. The molecular formula is C12H15Br2N. The summed E-state index contributed by atoms with van der Waals surface area (Å²) in [6.45, 7) is 9.09. The van der Waals surface area contributed by atoms with Crippen LogP contribution < -0.4 is 5.32 Å². The maximum absolute atomic E-state index is 4.02. The molecule has 15 heavy (non-hydrogen) atoms. The molecule has 0 aliphatic carbocycles. The molecule has 1 unspecified atom stereocenters. The lowest BCUT2D eigenvalue weighted by atomic mass is 10.0. The van der Waals surface area contributed by atoms with Gasteiger partial charge in [-0.1, -0.05) is 57.0 Å². The van der Waals surface area contributed by atoms with Gasteiger partial charge < -0.3 is 5.32 Å². The Morgan fingerprint density at radius 1 is 1.47 bits per heavy atom. The molecular weight excluding hydrogens is 318 g/mol. The normalized spacial score (nSPS) is 12.5. The molecule has 0 spiro atoms. The van der Waals surface area contributed by atoms with Crippen LogP contribution in [0, 0.1) is 0 Å². The van der Waals surface area contributed by atoms with Crippen molar-refractivity contribution >= 4 is 31.9 Å². The second-order valence-corrected chi connectivity index (χ2v) is 5.27. The van der Waals surface area contributed by atoms with Crippen LogP contribution in [-0.2, 0) is 0 Å². The molecule has 0 heterocycles. The lowest BCUT2D eigenvalue weighted by Gasteiger charge is -2.20. The van der Waals surface area contributed by atoms with Crippen molar-refractivity contribution in [3.8, 4) is 0 Å². The lowest BCUT2D eigenvalue weighted by Crippen LogP contribution is -2.21. The van der Waals surface area contributed by atoms with E-state index in [1.165, 1.54) is 5.56 Å². The van der Waals surface area contributed by atoms with Gasteiger partial charge in [-0.05, 0) is 31.2 Å². The topological polar surface area (TPSA) is 12.0 Å². The van der Waals surface area contributed by atoms with E-state index in [-0.39, 0.29) is 6.04 Å². The van der Waals surface area contributed by atoms with Crippen molar-refractivity contribution in [1.82, 2.24) is 5.32 Å². The Kier molecular flexibility index (Phi) is 5.03. The van der Waals surface area contributed by atoms with Crippen LogP contribution in [0.15, 0.2) is 39.3 Å². The fourth-order valence-corrected chi connectivity index (χ4v) is 2.77. The molecule has 1 atom stereocenters. The van der Waals surface area contributed by atoms with Gasteiger partial charge in [0, 0.05) is 8.95 Å². The van der Waals surface area contributed by atoms with Gasteiger partial charge >= 0.3 is 0 Å². The predicted molar refractivity (Wildman–Crippen MR) is 73.1 cm³/mol. The number of hydrogen-bond donors (Lipinski definition) is 1. The third kappa shape index (κ3) is 3.44. The van der Waals surface area contributed by atoms with Crippen molar-refractivity contribution in [2.45, 2.75) is 19.9 Å². The lowest BCUT2D eigenvalue weighted by molar-refractivity contribution is 0.619. The smallest absolute Gasteiger partial charge is 0.0541 e. The second-order valence-electron chi connectivity index (χ2n) is 3.50. The zero-order valence-electron chi connectivity index (χ0n) is 8.98. The molecule has 0 bridgehead atoms. The van der Waals surface area contributed by atoms with Crippen molar-refractivity contribution in [2.24, 2.45) is 0 Å². The van der Waals surface area contributed by atoms with Crippen LogP contribution in [0.1, 0.15) is 25.5 Å². The van der Waals surface area contributed by atoms with E-state index in [0.717, 1.165) is 21.1 Å². The molecule has 3 heteroatoms. The van der Waals surface area contributed by atoms with Crippen LogP contribution in [-0.4, -0.2) is 6.54 Å². The Balaban J connectivity index is 3.05. The largest absolute Gasteiger partial charge is 0.307 e. The summed E-state index contributed by atoms with van der Waals surface area (Å²) in [6.07, 6.45) is 0. The van der Waals surface area contributed by atoms with Gasteiger partial charge in [0.05, 0.1) is 6.04 Å². The molecule has 1 aromatic carbocycles. The Labute approximate surface area is 108 Å². The van der Waals surface area contributed by atoms with Gasteiger partial charge in [-0.15, -0.1) is 0 Å². The zero-order valence-corrected chi connectivity index (χ0v) is 12.2. The van der Waals surface area contributed by atoms with Crippen molar-refractivity contribution in [3.05, 3.63) is 44.9 Å². The van der Waals surface area contributed by atoms with Crippen LogP contribution in [0.3, 0.4) is 0 Å². The fraction of sp³-hybridized carbons (Fsp3) is 0.333. The molecule has 0 aromatic heterocycles. The van der Waals surface area contributed by atoms with E-state index >= 15 is 0 Å². The van der Waals surface area contributed by atoms with E-state index in [9.17, 15) is 0 Å². The number of rotatable bonds is 4. The molecule has 1 rings (SSSR count). The number of likely N-dealkylation sites (N-methyl/N-ethyl adjacent to an activating group) is 1. The standard InChI is InChI=1S/C12H15Br2N/c1-4-15-12(8(2)3)10-6-5-9(13)7-11(10)14/h5-7,12,15H,2,4H2,1,3H3. The summed E-state index contributed by atoms with van der Waals surface area (Å²) in [6, 6.07) is 6.43. The van der Waals surface area contributed by atoms with Gasteiger partial charge in [-0.25, -0.2) is 0 Å². The van der Waals surface area contributed by atoms with Crippen LogP contribution in [0.5, 0.6) is 0 Å². The van der Waals surface area contributed by atoms with Crippen molar-refractivity contribution in [2.75, 3.05) is 6.54 Å². The molecule has 82 valence electrons. The van der Waals surface area contributed by atoms with Gasteiger partial charge in [0.1, 0.15) is 0 Å². The Hall–Kier alpha value is -0.120. The first-order chi connectivity index (χ1) is 7.06. The number of halogens is 2. The Morgan fingerprint density at radius 3 is 2.60 bits per heavy atom. The zero-order chi connectivity index (χ0) is 11.4. The molecule has 0 aliphatic heterocycles. The van der Waals surface area contributed by atoms with E-state index < -0.39 is 0 Å². The average Bonchev–Trinajstić information content (AvgIpc) is 2.15. The fourth-order valence-electron chi connectivity index (χ4n) is 1.49. The third-order valence-corrected chi connectivity index (χ3v) is 3.35. The Bertz CT molecular complexity index is 361. The summed E-state index contributed by atoms with van der Waals surface area (Å²) in [4.78, 5) is 0. The summed E-state index contributed by atoms with van der Waals surface area (Å²) in [7, 11) is 0. The second kappa shape index (κ2) is 5.83. The first-order valence-electron chi connectivity index (χ1n) is 4.90. The highest BCUT2D eigenvalue weighted by atomic mass is 79.9. The maximum atomic E-state index is 4.02. The van der Waals surface area contributed by atoms with Crippen molar-refractivity contribution < 1.29 is 0 Å². The highest BCUT2D eigenvalue weighted by Crippen LogP contribution is 2.29. The molecule has 1 N–H and O–H groups in total. The number of nitrogens with one attached hydrogen (secondary N) is 1. The van der Waals surface area contributed by atoms with E-state index in [0.29, 0.717) is 0 Å². The summed E-state index contributed by atoms with van der Waals surface area (Å²) in [5, 5.41) is 3.41. The van der Waals surface area contributed by atoms with E-state index in [2.05, 4.69) is 62.8 Å². The summed E-state index contributed by atoms with van der Waals surface area (Å²) in [5.74, 6) is 0.